The molecule has 0 saturated carbocycles. The van der Waals surface area contributed by atoms with Gasteiger partial charge in [0.25, 0.3) is 5.91 Å². The van der Waals surface area contributed by atoms with E-state index < -0.39 is 21.7 Å². The van der Waals surface area contributed by atoms with Crippen LogP contribution in [0.3, 0.4) is 0 Å². The highest BCUT2D eigenvalue weighted by molar-refractivity contribution is 7.89. The molecule has 0 bridgehead atoms. The molecule has 0 radical (unpaired) electrons. The minimum Gasteiger partial charge on any atom is -0.320 e. The van der Waals surface area contributed by atoms with Crippen LogP contribution >= 0.6 is 23.2 Å². The number of piperidine rings is 1. The lowest BCUT2D eigenvalue weighted by Gasteiger charge is -2.34. The summed E-state index contributed by atoms with van der Waals surface area (Å²) in [5.74, 6) is -1.20. The van der Waals surface area contributed by atoms with Gasteiger partial charge in [-0.05, 0) is 48.6 Å². The Morgan fingerprint density at radius 2 is 1.79 bits per heavy atom. The third-order valence-electron chi connectivity index (χ3n) is 4.86. The molecule has 9 heteroatoms. The number of rotatable bonds is 4. The molecule has 1 saturated heterocycles. The number of carbonyl (C=O) groups is 1. The Balaban J connectivity index is 1.91. The van der Waals surface area contributed by atoms with Gasteiger partial charge in [0.1, 0.15) is 5.82 Å². The Labute approximate surface area is 179 Å². The van der Waals surface area contributed by atoms with E-state index in [0.717, 1.165) is 18.6 Å². The number of hydrogen-bond donors (Lipinski definition) is 1. The van der Waals surface area contributed by atoms with Gasteiger partial charge in [0.15, 0.2) is 0 Å². The fraction of sp³-hybridized carbons (Fsp3) is 0.350. The molecule has 1 amide bonds. The van der Waals surface area contributed by atoms with Gasteiger partial charge in [-0.25, -0.2) is 12.8 Å². The van der Waals surface area contributed by atoms with Gasteiger partial charge < -0.3 is 5.32 Å². The van der Waals surface area contributed by atoms with Crippen molar-refractivity contribution < 1.29 is 17.6 Å². The second-order valence-electron chi connectivity index (χ2n) is 7.47. The number of nitrogens with zero attached hydrogens (tertiary/aromatic N) is 1. The molecule has 1 fully saturated rings. The van der Waals surface area contributed by atoms with Crippen molar-refractivity contribution in [2.24, 2.45) is 11.8 Å². The number of anilines is 1. The lowest BCUT2D eigenvalue weighted by Crippen LogP contribution is -2.42. The molecule has 29 heavy (non-hydrogen) atoms. The zero-order chi connectivity index (χ0) is 21.3. The van der Waals surface area contributed by atoms with E-state index in [4.69, 9.17) is 23.2 Å². The van der Waals surface area contributed by atoms with E-state index in [2.05, 4.69) is 5.32 Å². The fourth-order valence-corrected chi connectivity index (χ4v) is 5.63. The van der Waals surface area contributed by atoms with E-state index in [9.17, 15) is 17.6 Å². The minimum absolute atomic E-state index is 0.114. The second-order valence-corrected chi connectivity index (χ2v) is 10.2. The molecule has 156 valence electrons. The maximum atomic E-state index is 14.3. The number of carbonyl (C=O) groups excluding carboxylic acids is 1. The molecule has 2 aromatic rings. The van der Waals surface area contributed by atoms with E-state index in [1.807, 2.05) is 13.8 Å². The second kappa shape index (κ2) is 8.60. The number of nitrogens with one attached hydrogen (secondary N) is 1. The average molecular weight is 459 g/mol. The number of hydrogen-bond acceptors (Lipinski definition) is 3. The Kier molecular flexibility index (Phi) is 6.53. The van der Waals surface area contributed by atoms with Crippen molar-refractivity contribution in [1.82, 2.24) is 4.31 Å². The van der Waals surface area contributed by atoms with Crippen molar-refractivity contribution >= 4 is 44.8 Å². The maximum absolute atomic E-state index is 14.3. The normalized spacial score (nSPS) is 20.4. The van der Waals surface area contributed by atoms with Gasteiger partial charge in [-0.3, -0.25) is 4.79 Å². The van der Waals surface area contributed by atoms with Gasteiger partial charge in [0, 0.05) is 13.1 Å². The van der Waals surface area contributed by atoms with Crippen LogP contribution in [-0.4, -0.2) is 31.7 Å². The van der Waals surface area contributed by atoms with Crippen molar-refractivity contribution in [2.45, 2.75) is 25.2 Å². The summed E-state index contributed by atoms with van der Waals surface area (Å²) in [4.78, 5) is 12.5. The van der Waals surface area contributed by atoms with Gasteiger partial charge in [-0.15, -0.1) is 0 Å². The highest BCUT2D eigenvalue weighted by atomic mass is 35.5. The van der Waals surface area contributed by atoms with Crippen LogP contribution in [-0.2, 0) is 10.0 Å². The largest absolute Gasteiger partial charge is 0.320 e. The van der Waals surface area contributed by atoms with Gasteiger partial charge in [-0.2, -0.15) is 4.31 Å². The first-order chi connectivity index (χ1) is 13.6. The van der Waals surface area contributed by atoms with Crippen LogP contribution in [0.2, 0.25) is 10.0 Å². The Morgan fingerprint density at radius 3 is 2.45 bits per heavy atom. The number of halogens is 3. The summed E-state index contributed by atoms with van der Waals surface area (Å²) < 4.78 is 41.8. The van der Waals surface area contributed by atoms with E-state index in [1.54, 1.807) is 12.1 Å². The van der Waals surface area contributed by atoms with Crippen molar-refractivity contribution in [2.75, 3.05) is 18.4 Å². The van der Waals surface area contributed by atoms with Crippen LogP contribution in [0.25, 0.3) is 0 Å². The predicted molar refractivity (Wildman–Crippen MR) is 113 cm³/mol. The van der Waals surface area contributed by atoms with Gasteiger partial charge in [0.05, 0.1) is 26.2 Å². The standard InChI is InChI=1S/C20H21Cl2FN2O3S/c1-12-8-13(2)11-25(10-12)29(27,28)14-6-7-17(23)15(9-14)20(26)24-18-5-3-4-16(21)19(18)22/h3-7,9,12-13H,8,10-11H2,1-2H3,(H,24,26)/t12-,13-/m0/s1. The molecule has 0 aromatic heterocycles. The molecule has 1 N–H and O–H groups in total. The molecule has 1 heterocycles. The third-order valence-corrected chi connectivity index (χ3v) is 7.50. The summed E-state index contributed by atoms with van der Waals surface area (Å²) in [6, 6.07) is 7.87. The lowest BCUT2D eigenvalue weighted by molar-refractivity contribution is 0.102. The molecule has 2 atom stereocenters. The zero-order valence-corrected chi connectivity index (χ0v) is 18.3. The van der Waals surface area contributed by atoms with Crippen LogP contribution in [0.5, 0.6) is 0 Å². The molecule has 5 nitrogen and oxygen atoms in total. The van der Waals surface area contributed by atoms with Gasteiger partial charge in [0.2, 0.25) is 10.0 Å². The summed E-state index contributed by atoms with van der Waals surface area (Å²) >= 11 is 12.0. The molecule has 0 aliphatic carbocycles. The lowest BCUT2D eigenvalue weighted by atomic mass is 9.94. The summed E-state index contributed by atoms with van der Waals surface area (Å²) in [7, 11) is -3.85. The molecule has 0 spiro atoms. The molecule has 0 unspecified atom stereocenters. The van der Waals surface area contributed by atoms with Crippen LogP contribution in [0.15, 0.2) is 41.3 Å². The highest BCUT2D eigenvalue weighted by Gasteiger charge is 2.32. The fourth-order valence-electron chi connectivity index (χ4n) is 3.58. The van der Waals surface area contributed by atoms with Crippen LogP contribution in [0, 0.1) is 17.7 Å². The number of amides is 1. The van der Waals surface area contributed by atoms with E-state index in [-0.39, 0.29) is 38.0 Å². The highest BCUT2D eigenvalue weighted by Crippen LogP contribution is 2.31. The SMILES string of the molecule is C[C@H]1C[C@H](C)CN(S(=O)(=O)c2ccc(F)c(C(=O)Nc3cccc(Cl)c3Cl)c2)C1. The van der Waals surface area contributed by atoms with Gasteiger partial charge in [-0.1, -0.05) is 43.1 Å². The first-order valence-electron chi connectivity index (χ1n) is 9.14. The zero-order valence-electron chi connectivity index (χ0n) is 16.0. The minimum atomic E-state index is -3.85. The quantitative estimate of drug-likeness (QED) is 0.696. The monoisotopic (exact) mass is 458 g/mol. The first kappa shape index (κ1) is 22.0. The third kappa shape index (κ3) is 4.74. The molecule has 1 aliphatic heterocycles. The topological polar surface area (TPSA) is 66.5 Å². The Morgan fingerprint density at radius 1 is 1.14 bits per heavy atom. The Hall–Kier alpha value is -1.67. The van der Waals surface area contributed by atoms with Crippen LogP contribution < -0.4 is 5.32 Å². The molecular weight excluding hydrogens is 438 g/mol. The van der Waals surface area contributed by atoms with Crippen molar-refractivity contribution in [3.8, 4) is 0 Å². The van der Waals surface area contributed by atoms with Crippen molar-refractivity contribution in [3.63, 3.8) is 0 Å². The number of benzene rings is 2. The molecule has 1 aliphatic rings. The molecule has 2 aromatic carbocycles. The maximum Gasteiger partial charge on any atom is 0.258 e. The van der Waals surface area contributed by atoms with Crippen molar-refractivity contribution in [3.05, 3.63) is 57.8 Å². The smallest absolute Gasteiger partial charge is 0.258 e. The Bertz CT molecular complexity index is 1040. The van der Waals surface area contributed by atoms with E-state index in [1.165, 1.54) is 16.4 Å². The average Bonchev–Trinajstić information content (AvgIpc) is 2.64. The summed E-state index contributed by atoms with van der Waals surface area (Å²) in [5.41, 5.74) is -0.185. The summed E-state index contributed by atoms with van der Waals surface area (Å²) in [6.45, 7) is 4.78. The van der Waals surface area contributed by atoms with E-state index >= 15 is 0 Å². The summed E-state index contributed by atoms with van der Waals surface area (Å²) in [5, 5.41) is 2.82. The molecular formula is C20H21Cl2FN2O3S. The van der Waals surface area contributed by atoms with Crippen molar-refractivity contribution in [1.29, 1.82) is 0 Å². The van der Waals surface area contributed by atoms with Gasteiger partial charge >= 0.3 is 0 Å². The summed E-state index contributed by atoms with van der Waals surface area (Å²) in [6.07, 6.45) is 0.948. The molecule has 3 rings (SSSR count). The first-order valence-corrected chi connectivity index (χ1v) is 11.3. The van der Waals surface area contributed by atoms with Crippen LogP contribution in [0.1, 0.15) is 30.6 Å². The van der Waals surface area contributed by atoms with E-state index in [0.29, 0.717) is 13.1 Å². The van der Waals surface area contributed by atoms with Crippen LogP contribution in [0.4, 0.5) is 10.1 Å². The predicted octanol–water partition coefficient (Wildman–Crippen LogP) is 5.05. The number of sulfonamides is 1.